The van der Waals surface area contributed by atoms with Crippen LogP contribution in [-0.2, 0) is 6.61 Å². The molecule has 34 heavy (non-hydrogen) atoms. The first-order valence-electron chi connectivity index (χ1n) is 11.5. The average Bonchev–Trinajstić information content (AvgIpc) is 2.86. The van der Waals surface area contributed by atoms with Crippen molar-refractivity contribution in [1.29, 1.82) is 0 Å². The third kappa shape index (κ3) is 5.60. The number of carbonyl (C=O) groups is 1. The molecule has 0 radical (unpaired) electrons. The molecule has 178 valence electrons. The minimum atomic E-state index is -0.193. The van der Waals surface area contributed by atoms with Gasteiger partial charge in [-0.15, -0.1) is 0 Å². The fourth-order valence-corrected chi connectivity index (χ4v) is 3.79. The van der Waals surface area contributed by atoms with Gasteiger partial charge in [-0.3, -0.25) is 9.78 Å². The van der Waals surface area contributed by atoms with Gasteiger partial charge in [0.05, 0.1) is 12.6 Å². The maximum Gasteiger partial charge on any atom is 0.251 e. The molecule has 1 aromatic heterocycles. The van der Waals surface area contributed by atoms with Gasteiger partial charge in [-0.25, -0.2) is 0 Å². The molecule has 1 N–H and O–H groups in total. The Balaban J connectivity index is 1.51. The van der Waals surface area contributed by atoms with Crippen LogP contribution in [-0.4, -0.2) is 30.7 Å². The molecule has 0 saturated heterocycles. The summed E-state index contributed by atoms with van der Waals surface area (Å²) in [6.45, 7) is 7.95. The lowest BCUT2D eigenvalue weighted by molar-refractivity contribution is 0.0924. The van der Waals surface area contributed by atoms with Crippen LogP contribution in [0.4, 0.5) is 0 Å². The van der Waals surface area contributed by atoms with Crippen LogP contribution < -0.4 is 24.3 Å². The minimum absolute atomic E-state index is 0.167. The van der Waals surface area contributed by atoms with Crippen molar-refractivity contribution >= 4 is 5.91 Å². The average molecular weight is 463 g/mol. The van der Waals surface area contributed by atoms with Crippen molar-refractivity contribution < 1.29 is 23.7 Å². The first-order chi connectivity index (χ1) is 16.5. The summed E-state index contributed by atoms with van der Waals surface area (Å²) in [5.41, 5.74) is 2.47. The maximum atomic E-state index is 13.2. The summed E-state index contributed by atoms with van der Waals surface area (Å²) in [6.07, 6.45) is 3.45. The van der Waals surface area contributed by atoms with Crippen LogP contribution in [0.25, 0.3) is 0 Å². The molecule has 7 nitrogen and oxygen atoms in total. The van der Waals surface area contributed by atoms with Gasteiger partial charge >= 0.3 is 0 Å². The second kappa shape index (κ2) is 10.9. The molecule has 3 aromatic rings. The Kier molecular flexibility index (Phi) is 7.52. The SMILES string of the molecule is CCOc1cc(C(=O)NC(c2ccc3c(c2)OCCO3)C(C)C)ccc1OCc1ccncc1. The van der Waals surface area contributed by atoms with Crippen LogP contribution in [0.1, 0.15) is 48.3 Å². The van der Waals surface area contributed by atoms with Crippen LogP contribution in [0, 0.1) is 5.92 Å². The number of rotatable bonds is 9. The molecule has 0 fully saturated rings. The third-order valence-electron chi connectivity index (χ3n) is 5.53. The predicted octanol–water partition coefficient (Wildman–Crippen LogP) is 4.96. The molecule has 2 heterocycles. The van der Waals surface area contributed by atoms with Crippen molar-refractivity contribution in [2.24, 2.45) is 5.92 Å². The van der Waals surface area contributed by atoms with Crippen LogP contribution in [0.3, 0.4) is 0 Å². The summed E-state index contributed by atoms with van der Waals surface area (Å²) < 4.78 is 23.1. The second-order valence-electron chi connectivity index (χ2n) is 8.34. The second-order valence-corrected chi connectivity index (χ2v) is 8.34. The van der Waals surface area contributed by atoms with E-state index in [9.17, 15) is 4.79 Å². The van der Waals surface area contributed by atoms with Crippen molar-refractivity contribution in [1.82, 2.24) is 10.3 Å². The molecule has 7 heteroatoms. The zero-order valence-electron chi connectivity index (χ0n) is 19.7. The molecule has 2 aromatic carbocycles. The summed E-state index contributed by atoms with van der Waals surface area (Å²) in [5, 5.41) is 3.16. The molecule has 1 unspecified atom stereocenters. The highest BCUT2D eigenvalue weighted by atomic mass is 16.6. The highest BCUT2D eigenvalue weighted by molar-refractivity contribution is 5.95. The summed E-state index contributed by atoms with van der Waals surface area (Å²) in [5.74, 6) is 2.54. The van der Waals surface area contributed by atoms with E-state index >= 15 is 0 Å². The largest absolute Gasteiger partial charge is 0.490 e. The number of fused-ring (bicyclic) bond motifs is 1. The van der Waals surface area contributed by atoms with E-state index in [2.05, 4.69) is 24.1 Å². The standard InChI is InChI=1S/C27H30N2O5/c1-4-31-24-16-21(6-8-23(24)34-17-19-9-11-28-12-10-19)27(30)29-26(18(2)3)20-5-7-22-25(15-20)33-14-13-32-22/h5-12,15-16,18,26H,4,13-14,17H2,1-3H3,(H,29,30). The molecule has 1 atom stereocenters. The minimum Gasteiger partial charge on any atom is -0.490 e. The van der Waals surface area contributed by atoms with Crippen LogP contribution in [0.5, 0.6) is 23.0 Å². The molecule has 1 aliphatic rings. The van der Waals surface area contributed by atoms with E-state index in [1.165, 1.54) is 0 Å². The fraction of sp³-hybridized carbons (Fsp3) is 0.333. The topological polar surface area (TPSA) is 78.9 Å². The Morgan fingerprint density at radius 1 is 0.971 bits per heavy atom. The summed E-state index contributed by atoms with van der Waals surface area (Å²) >= 11 is 0. The number of amides is 1. The number of nitrogens with one attached hydrogen (secondary N) is 1. The molecule has 1 amide bonds. The van der Waals surface area contributed by atoms with Gasteiger partial charge in [0.1, 0.15) is 19.8 Å². The van der Waals surface area contributed by atoms with Gasteiger partial charge in [0, 0.05) is 18.0 Å². The van der Waals surface area contributed by atoms with Crippen molar-refractivity contribution in [3.05, 3.63) is 77.6 Å². The van der Waals surface area contributed by atoms with Gasteiger partial charge in [0.15, 0.2) is 23.0 Å². The molecule has 4 rings (SSSR count). The number of benzene rings is 2. The maximum absolute atomic E-state index is 13.2. The lowest BCUT2D eigenvalue weighted by Crippen LogP contribution is -2.32. The lowest BCUT2D eigenvalue weighted by Gasteiger charge is -2.25. The van der Waals surface area contributed by atoms with Gasteiger partial charge in [0.25, 0.3) is 5.91 Å². The van der Waals surface area contributed by atoms with Crippen molar-refractivity contribution in [3.63, 3.8) is 0 Å². The zero-order valence-corrected chi connectivity index (χ0v) is 19.7. The van der Waals surface area contributed by atoms with Crippen LogP contribution in [0.15, 0.2) is 60.9 Å². The Morgan fingerprint density at radius 3 is 2.47 bits per heavy atom. The molecule has 1 aliphatic heterocycles. The third-order valence-corrected chi connectivity index (χ3v) is 5.53. The smallest absolute Gasteiger partial charge is 0.251 e. The summed E-state index contributed by atoms with van der Waals surface area (Å²) in [4.78, 5) is 17.2. The van der Waals surface area contributed by atoms with Gasteiger partial charge in [-0.2, -0.15) is 0 Å². The van der Waals surface area contributed by atoms with Gasteiger partial charge in [-0.1, -0.05) is 19.9 Å². The predicted molar refractivity (Wildman–Crippen MR) is 129 cm³/mol. The normalized spacial score (nSPS) is 13.3. The number of pyridine rings is 1. The molecular formula is C27H30N2O5. The molecule has 0 bridgehead atoms. The van der Waals surface area contributed by atoms with Gasteiger partial charge in [0.2, 0.25) is 0 Å². The number of ether oxygens (including phenoxy) is 4. The molecular weight excluding hydrogens is 432 g/mol. The highest BCUT2D eigenvalue weighted by Gasteiger charge is 2.23. The first kappa shape index (κ1) is 23.4. The van der Waals surface area contributed by atoms with Crippen molar-refractivity contribution in [2.75, 3.05) is 19.8 Å². The van der Waals surface area contributed by atoms with Gasteiger partial charge < -0.3 is 24.3 Å². The fourth-order valence-electron chi connectivity index (χ4n) is 3.79. The Labute approximate surface area is 200 Å². The Bertz CT molecular complexity index is 1120. The van der Waals surface area contributed by atoms with E-state index < -0.39 is 0 Å². The zero-order chi connectivity index (χ0) is 23.9. The molecule has 0 saturated carbocycles. The van der Waals surface area contributed by atoms with Crippen LogP contribution in [0.2, 0.25) is 0 Å². The Morgan fingerprint density at radius 2 is 1.74 bits per heavy atom. The van der Waals surface area contributed by atoms with E-state index in [1.54, 1.807) is 30.6 Å². The van der Waals surface area contributed by atoms with E-state index in [1.807, 2.05) is 37.3 Å². The van der Waals surface area contributed by atoms with Crippen LogP contribution >= 0.6 is 0 Å². The lowest BCUT2D eigenvalue weighted by atomic mass is 9.95. The van der Waals surface area contributed by atoms with Gasteiger partial charge in [-0.05, 0) is 66.4 Å². The molecule has 0 spiro atoms. The summed E-state index contributed by atoms with van der Waals surface area (Å²) in [6, 6.07) is 14.7. The van der Waals surface area contributed by atoms with E-state index in [0.717, 1.165) is 16.9 Å². The van der Waals surface area contributed by atoms with Crippen molar-refractivity contribution in [3.8, 4) is 23.0 Å². The number of hydrogen-bond acceptors (Lipinski definition) is 6. The molecule has 0 aliphatic carbocycles. The number of hydrogen-bond donors (Lipinski definition) is 1. The van der Waals surface area contributed by atoms with E-state index in [0.29, 0.717) is 49.2 Å². The monoisotopic (exact) mass is 462 g/mol. The number of nitrogens with zero attached hydrogens (tertiary/aromatic N) is 1. The quantitative estimate of drug-likeness (QED) is 0.484. The first-order valence-corrected chi connectivity index (χ1v) is 11.5. The Hall–Kier alpha value is -3.74. The van der Waals surface area contributed by atoms with Crippen molar-refractivity contribution in [2.45, 2.75) is 33.4 Å². The number of carbonyl (C=O) groups excluding carboxylic acids is 1. The highest BCUT2D eigenvalue weighted by Crippen LogP contribution is 2.35. The van der Waals surface area contributed by atoms with E-state index in [-0.39, 0.29) is 17.9 Å². The van der Waals surface area contributed by atoms with E-state index in [4.69, 9.17) is 18.9 Å². The summed E-state index contributed by atoms with van der Waals surface area (Å²) in [7, 11) is 0. The number of aromatic nitrogens is 1.